The van der Waals surface area contributed by atoms with Crippen molar-refractivity contribution in [3.05, 3.63) is 83.0 Å². The molecule has 1 aromatic heterocycles. The molecule has 2 unspecified atom stereocenters. The minimum absolute atomic E-state index is 0.0946. The van der Waals surface area contributed by atoms with Crippen molar-refractivity contribution in [3.8, 4) is 5.75 Å². The number of benzene rings is 1. The van der Waals surface area contributed by atoms with E-state index in [9.17, 15) is 9.18 Å². The molecule has 1 N–H and O–H groups in total. The van der Waals surface area contributed by atoms with Crippen molar-refractivity contribution in [2.75, 3.05) is 13.7 Å². The molecular weight excluding hydrogens is 439 g/mol. The van der Waals surface area contributed by atoms with E-state index >= 15 is 0 Å². The Kier molecular flexibility index (Phi) is 9.25. The average molecular weight is 479 g/mol. The zero-order valence-corrected chi connectivity index (χ0v) is 21.7. The van der Waals surface area contributed by atoms with Crippen molar-refractivity contribution in [1.29, 1.82) is 0 Å². The van der Waals surface area contributed by atoms with Gasteiger partial charge in [0.05, 0.1) is 18.4 Å². The fraction of sp³-hybridized carbons (Fsp3) is 0.467. The van der Waals surface area contributed by atoms with Crippen molar-refractivity contribution >= 4 is 5.91 Å². The maximum Gasteiger partial charge on any atom is 0.253 e. The van der Waals surface area contributed by atoms with Crippen LogP contribution < -0.4 is 10.1 Å². The number of aromatic nitrogens is 1. The predicted octanol–water partition coefficient (Wildman–Crippen LogP) is 6.81. The van der Waals surface area contributed by atoms with E-state index in [0.717, 1.165) is 43.4 Å². The van der Waals surface area contributed by atoms with Crippen LogP contribution in [0.1, 0.15) is 75.0 Å². The normalized spacial score (nSPS) is 16.7. The molecule has 1 fully saturated rings. The molecule has 0 saturated heterocycles. The Hall–Kier alpha value is -2.95. The third-order valence-corrected chi connectivity index (χ3v) is 7.24. The molecule has 0 aliphatic heterocycles. The van der Waals surface area contributed by atoms with E-state index in [4.69, 9.17) is 4.74 Å². The lowest BCUT2D eigenvalue weighted by atomic mass is 9.90. The van der Waals surface area contributed by atoms with Crippen LogP contribution in [0.2, 0.25) is 0 Å². The van der Waals surface area contributed by atoms with E-state index in [2.05, 4.69) is 56.2 Å². The molecule has 2 atom stereocenters. The molecular formula is C30H39FN2O2. The monoisotopic (exact) mass is 478 g/mol. The number of methoxy groups -OCH3 is 1. The van der Waals surface area contributed by atoms with Gasteiger partial charge in [0, 0.05) is 18.2 Å². The number of rotatable bonds is 12. The SMILES string of the molecule is CC=CC(CC)C(C)=CC(CC)Cc1ncc(C(=O)NCC2(c3ccc(F)cc3)CC2)cc1OC. The summed E-state index contributed by atoms with van der Waals surface area (Å²) in [6, 6.07) is 8.37. The number of pyridine rings is 1. The van der Waals surface area contributed by atoms with Crippen LogP contribution in [0.25, 0.3) is 0 Å². The number of hydrogen-bond acceptors (Lipinski definition) is 3. The number of amides is 1. The Balaban J connectivity index is 1.68. The van der Waals surface area contributed by atoms with Crippen LogP contribution in [0.4, 0.5) is 4.39 Å². The summed E-state index contributed by atoms with van der Waals surface area (Å²) in [7, 11) is 1.62. The topological polar surface area (TPSA) is 51.2 Å². The Labute approximate surface area is 209 Å². The number of hydrogen-bond donors (Lipinski definition) is 1. The van der Waals surface area contributed by atoms with Gasteiger partial charge in [0.2, 0.25) is 0 Å². The maximum atomic E-state index is 13.3. The Morgan fingerprint density at radius 2 is 1.94 bits per heavy atom. The van der Waals surface area contributed by atoms with Crippen LogP contribution in [0.15, 0.2) is 60.3 Å². The van der Waals surface area contributed by atoms with Crippen LogP contribution in [-0.2, 0) is 11.8 Å². The highest BCUT2D eigenvalue weighted by Gasteiger charge is 2.44. The third kappa shape index (κ3) is 6.81. The molecule has 0 spiro atoms. The minimum atomic E-state index is -0.245. The lowest BCUT2D eigenvalue weighted by Gasteiger charge is -2.18. The predicted molar refractivity (Wildman–Crippen MR) is 140 cm³/mol. The van der Waals surface area contributed by atoms with Crippen LogP contribution in [0.5, 0.6) is 5.75 Å². The Morgan fingerprint density at radius 3 is 2.51 bits per heavy atom. The second-order valence-electron chi connectivity index (χ2n) is 9.67. The van der Waals surface area contributed by atoms with E-state index in [1.54, 1.807) is 19.4 Å². The van der Waals surface area contributed by atoms with Gasteiger partial charge in [-0.05, 0) is 81.5 Å². The summed E-state index contributed by atoms with van der Waals surface area (Å²) in [5.41, 5.74) is 3.70. The first-order valence-electron chi connectivity index (χ1n) is 12.7. The second-order valence-corrected chi connectivity index (χ2v) is 9.67. The van der Waals surface area contributed by atoms with E-state index in [1.807, 2.05) is 12.1 Å². The highest BCUT2D eigenvalue weighted by atomic mass is 19.1. The molecule has 1 heterocycles. The van der Waals surface area contributed by atoms with E-state index in [-0.39, 0.29) is 17.1 Å². The van der Waals surface area contributed by atoms with Crippen LogP contribution in [-0.4, -0.2) is 24.5 Å². The smallest absolute Gasteiger partial charge is 0.253 e. The van der Waals surface area contributed by atoms with Gasteiger partial charge in [0.1, 0.15) is 11.6 Å². The number of nitrogens with one attached hydrogen (secondary N) is 1. The van der Waals surface area contributed by atoms with Crippen molar-refractivity contribution in [2.24, 2.45) is 11.8 Å². The van der Waals surface area contributed by atoms with Gasteiger partial charge in [0.15, 0.2) is 0 Å². The van der Waals surface area contributed by atoms with Crippen molar-refractivity contribution in [2.45, 2.75) is 65.2 Å². The summed E-state index contributed by atoms with van der Waals surface area (Å²) in [6.07, 6.45) is 13.2. The van der Waals surface area contributed by atoms with Crippen LogP contribution >= 0.6 is 0 Å². The molecule has 0 radical (unpaired) electrons. The average Bonchev–Trinajstić information content (AvgIpc) is 3.66. The number of halogens is 1. The molecule has 1 saturated carbocycles. The minimum Gasteiger partial charge on any atom is -0.495 e. The van der Waals surface area contributed by atoms with Gasteiger partial charge in [-0.15, -0.1) is 0 Å². The summed E-state index contributed by atoms with van der Waals surface area (Å²) in [5, 5.41) is 3.05. The van der Waals surface area contributed by atoms with Crippen molar-refractivity contribution in [1.82, 2.24) is 10.3 Å². The van der Waals surface area contributed by atoms with Gasteiger partial charge in [-0.2, -0.15) is 0 Å². The maximum absolute atomic E-state index is 13.3. The first kappa shape index (κ1) is 26.7. The van der Waals surface area contributed by atoms with Gasteiger partial charge in [0.25, 0.3) is 5.91 Å². The largest absolute Gasteiger partial charge is 0.495 e. The fourth-order valence-corrected chi connectivity index (χ4v) is 4.71. The molecule has 2 aromatic rings. The number of ether oxygens (including phenoxy) is 1. The van der Waals surface area contributed by atoms with Crippen LogP contribution in [0.3, 0.4) is 0 Å². The number of carbonyl (C=O) groups excluding carboxylic acids is 1. The molecule has 35 heavy (non-hydrogen) atoms. The first-order valence-corrected chi connectivity index (χ1v) is 12.7. The summed E-state index contributed by atoms with van der Waals surface area (Å²) in [5.74, 6) is 1.03. The zero-order valence-electron chi connectivity index (χ0n) is 21.7. The molecule has 188 valence electrons. The Morgan fingerprint density at radius 1 is 1.23 bits per heavy atom. The van der Waals surface area contributed by atoms with Gasteiger partial charge in [-0.3, -0.25) is 9.78 Å². The Bertz CT molecular complexity index is 1050. The van der Waals surface area contributed by atoms with Crippen molar-refractivity contribution < 1.29 is 13.9 Å². The molecule has 5 heteroatoms. The van der Waals surface area contributed by atoms with Gasteiger partial charge >= 0.3 is 0 Å². The van der Waals surface area contributed by atoms with Crippen LogP contribution in [0, 0.1) is 17.7 Å². The standard InChI is InChI=1S/C30H39FN2O2/c1-6-9-23(8-3)21(4)16-22(7-2)17-27-28(35-5)18-24(19-32-27)29(34)33-20-30(14-15-30)25-10-12-26(31)13-11-25/h6,9-13,16,18-19,22-23H,7-8,14-15,17,20H2,1-5H3,(H,33,34). The second kappa shape index (κ2) is 12.1. The third-order valence-electron chi connectivity index (χ3n) is 7.24. The van der Waals surface area contributed by atoms with E-state index < -0.39 is 0 Å². The van der Waals surface area contributed by atoms with E-state index in [0.29, 0.717) is 29.7 Å². The summed E-state index contributed by atoms with van der Waals surface area (Å²) < 4.78 is 18.9. The lowest BCUT2D eigenvalue weighted by Crippen LogP contribution is -2.32. The quantitative estimate of drug-likeness (QED) is 0.341. The molecule has 1 aliphatic rings. The lowest BCUT2D eigenvalue weighted by molar-refractivity contribution is 0.0949. The summed E-state index contributed by atoms with van der Waals surface area (Å²) in [6.45, 7) is 9.19. The van der Waals surface area contributed by atoms with Gasteiger partial charge < -0.3 is 10.1 Å². The number of allylic oxidation sites excluding steroid dienone is 4. The molecule has 1 amide bonds. The molecule has 3 rings (SSSR count). The first-order chi connectivity index (χ1) is 16.9. The molecule has 4 nitrogen and oxygen atoms in total. The van der Waals surface area contributed by atoms with E-state index in [1.165, 1.54) is 17.7 Å². The fourth-order valence-electron chi connectivity index (χ4n) is 4.71. The number of carbonyl (C=O) groups is 1. The summed E-state index contributed by atoms with van der Waals surface area (Å²) >= 11 is 0. The van der Waals surface area contributed by atoms with Crippen molar-refractivity contribution in [3.63, 3.8) is 0 Å². The highest BCUT2D eigenvalue weighted by Crippen LogP contribution is 2.47. The highest BCUT2D eigenvalue weighted by molar-refractivity contribution is 5.94. The summed E-state index contributed by atoms with van der Waals surface area (Å²) in [4.78, 5) is 17.5. The molecule has 1 aromatic carbocycles. The zero-order chi connectivity index (χ0) is 25.4. The van der Waals surface area contributed by atoms with Gasteiger partial charge in [-0.25, -0.2) is 4.39 Å². The number of nitrogens with zero attached hydrogens (tertiary/aromatic N) is 1. The molecule has 0 bridgehead atoms. The molecule has 1 aliphatic carbocycles. The van der Waals surface area contributed by atoms with Gasteiger partial charge in [-0.1, -0.05) is 49.8 Å².